The number of aryl methyl sites for hydroxylation is 3. The minimum atomic E-state index is -0.606. The number of aromatic nitrogens is 2. The monoisotopic (exact) mass is 539 g/mol. The van der Waals surface area contributed by atoms with Crippen molar-refractivity contribution in [2.45, 2.75) is 71.9 Å². The second kappa shape index (κ2) is 12.0. The first-order valence-electron chi connectivity index (χ1n) is 12.7. The molecule has 3 heterocycles. The average molecular weight is 540 g/mol. The first kappa shape index (κ1) is 27.1. The maximum Gasteiger partial charge on any atom is 0.262 e. The number of pyridine rings is 2. The van der Waals surface area contributed by atoms with Crippen molar-refractivity contribution >= 4 is 46.1 Å². The van der Waals surface area contributed by atoms with Gasteiger partial charge in [-0.15, -0.1) is 11.3 Å². The fourth-order valence-electron chi connectivity index (χ4n) is 4.84. The van der Waals surface area contributed by atoms with Crippen molar-refractivity contribution in [1.82, 2.24) is 15.3 Å². The summed E-state index contributed by atoms with van der Waals surface area (Å²) in [5.41, 5.74) is 4.08. The predicted octanol–water partition coefficient (Wildman–Crippen LogP) is 6.61. The van der Waals surface area contributed by atoms with E-state index in [0.29, 0.717) is 27.9 Å². The van der Waals surface area contributed by atoms with Crippen LogP contribution in [0.2, 0.25) is 5.02 Å². The van der Waals surface area contributed by atoms with E-state index in [4.69, 9.17) is 11.6 Å². The van der Waals surface area contributed by atoms with Gasteiger partial charge in [0.2, 0.25) is 5.91 Å². The molecule has 1 aliphatic carbocycles. The van der Waals surface area contributed by atoms with Crippen molar-refractivity contribution in [1.29, 1.82) is 0 Å². The highest BCUT2D eigenvalue weighted by molar-refractivity contribution is 7.14. The first-order chi connectivity index (χ1) is 17.7. The summed E-state index contributed by atoms with van der Waals surface area (Å²) in [6, 6.07) is 8.65. The number of carbonyl (C=O) groups excluding carboxylic acids is 2. The van der Waals surface area contributed by atoms with Gasteiger partial charge in [0.25, 0.3) is 5.91 Å². The highest BCUT2D eigenvalue weighted by Gasteiger charge is 2.28. The Morgan fingerprint density at radius 2 is 1.81 bits per heavy atom. The van der Waals surface area contributed by atoms with Crippen LogP contribution in [0.15, 0.2) is 36.5 Å². The Kier molecular flexibility index (Phi) is 8.82. The third-order valence-corrected chi connectivity index (χ3v) is 8.19. The highest BCUT2D eigenvalue weighted by Crippen LogP contribution is 2.30. The van der Waals surface area contributed by atoms with E-state index < -0.39 is 6.04 Å². The number of hydrogen-bond donors (Lipinski definition) is 3. The van der Waals surface area contributed by atoms with Crippen LogP contribution in [0.3, 0.4) is 0 Å². The Hall–Kier alpha value is -2.97. The average Bonchev–Trinajstić information content (AvgIpc) is 3.53. The van der Waals surface area contributed by atoms with Gasteiger partial charge in [0, 0.05) is 28.1 Å². The maximum atomic E-state index is 13.3. The van der Waals surface area contributed by atoms with Crippen molar-refractivity contribution in [2.75, 3.05) is 10.6 Å². The zero-order chi connectivity index (χ0) is 26.5. The third kappa shape index (κ3) is 7.29. The van der Waals surface area contributed by atoms with Gasteiger partial charge in [0.15, 0.2) is 0 Å². The van der Waals surface area contributed by atoms with Crippen molar-refractivity contribution in [2.24, 2.45) is 5.92 Å². The molecule has 0 saturated heterocycles. The number of nitrogens with zero attached hydrogens (tertiary/aromatic N) is 2. The van der Waals surface area contributed by atoms with Crippen molar-refractivity contribution in [3.63, 3.8) is 0 Å². The van der Waals surface area contributed by atoms with E-state index in [9.17, 15) is 9.59 Å². The number of rotatable bonds is 9. The van der Waals surface area contributed by atoms with Gasteiger partial charge >= 0.3 is 0 Å². The molecular formula is C28H34ClN5O2S. The van der Waals surface area contributed by atoms with Crippen molar-refractivity contribution in [3.05, 3.63) is 68.4 Å². The number of anilines is 2. The Labute approximate surface area is 227 Å². The van der Waals surface area contributed by atoms with Gasteiger partial charge in [-0.05, 0) is 70.4 Å². The molecule has 0 aliphatic heterocycles. The first-order valence-corrected chi connectivity index (χ1v) is 13.9. The molecule has 1 fully saturated rings. The lowest BCUT2D eigenvalue weighted by Crippen LogP contribution is -2.44. The van der Waals surface area contributed by atoms with E-state index in [0.717, 1.165) is 40.5 Å². The SMILES string of the molecule is Cc1cc(NC(=O)[C@H](CC2CCCC2)NC(=O)c2ccc([C@H](C)Nc3cc(Cl)cnc3C)s2)cc(C)n1. The number of amides is 2. The summed E-state index contributed by atoms with van der Waals surface area (Å²) in [5.74, 6) is 0.0138. The molecule has 3 N–H and O–H groups in total. The summed E-state index contributed by atoms with van der Waals surface area (Å²) in [6.45, 7) is 7.75. The molecule has 2 amide bonds. The zero-order valence-corrected chi connectivity index (χ0v) is 23.3. The van der Waals surface area contributed by atoms with E-state index in [1.54, 1.807) is 6.20 Å². The van der Waals surface area contributed by atoms with E-state index in [-0.39, 0.29) is 17.9 Å². The Morgan fingerprint density at radius 1 is 1.11 bits per heavy atom. The van der Waals surface area contributed by atoms with Crippen LogP contribution in [-0.4, -0.2) is 27.8 Å². The summed E-state index contributed by atoms with van der Waals surface area (Å²) in [6.07, 6.45) is 6.80. The molecule has 1 saturated carbocycles. The predicted molar refractivity (Wildman–Crippen MR) is 151 cm³/mol. The highest BCUT2D eigenvalue weighted by atomic mass is 35.5. The third-order valence-electron chi connectivity index (χ3n) is 6.72. The minimum absolute atomic E-state index is 0.0405. The van der Waals surface area contributed by atoms with Crippen LogP contribution < -0.4 is 16.0 Å². The number of carbonyl (C=O) groups is 2. The molecule has 0 spiro atoms. The van der Waals surface area contributed by atoms with Crippen LogP contribution in [-0.2, 0) is 4.79 Å². The lowest BCUT2D eigenvalue weighted by Gasteiger charge is -2.21. The van der Waals surface area contributed by atoms with Crippen LogP contribution in [0.25, 0.3) is 0 Å². The van der Waals surface area contributed by atoms with Gasteiger partial charge in [0.05, 0.1) is 27.3 Å². The summed E-state index contributed by atoms with van der Waals surface area (Å²) in [4.78, 5) is 36.8. The zero-order valence-electron chi connectivity index (χ0n) is 21.7. The van der Waals surface area contributed by atoms with Gasteiger partial charge in [0.1, 0.15) is 6.04 Å². The van der Waals surface area contributed by atoms with Gasteiger partial charge in [-0.2, -0.15) is 0 Å². The normalized spacial score (nSPS) is 15.3. The molecule has 0 radical (unpaired) electrons. The summed E-state index contributed by atoms with van der Waals surface area (Å²) in [7, 11) is 0. The molecule has 3 aromatic rings. The van der Waals surface area contributed by atoms with E-state index >= 15 is 0 Å². The number of hydrogen-bond acceptors (Lipinski definition) is 6. The molecule has 196 valence electrons. The molecule has 2 atom stereocenters. The summed E-state index contributed by atoms with van der Waals surface area (Å²) >= 11 is 7.52. The number of halogens is 1. The topological polar surface area (TPSA) is 96.0 Å². The van der Waals surface area contributed by atoms with Crippen molar-refractivity contribution < 1.29 is 9.59 Å². The van der Waals surface area contributed by atoms with E-state index in [2.05, 4.69) is 25.9 Å². The minimum Gasteiger partial charge on any atom is -0.376 e. The standard InChI is InChI=1S/C28H34ClN5O2S/c1-16-11-22(12-17(2)31-16)33-27(35)24(13-20-7-5-6-8-20)34-28(36)26-10-9-25(37-26)19(4)32-23-14-21(29)15-30-18(23)3/h9-12,14-15,19-20,24,32H,5-8,13H2,1-4H3,(H,34,36)(H,31,33,35)/t19-,24-/m0/s1. The van der Waals surface area contributed by atoms with Gasteiger partial charge in [-0.25, -0.2) is 0 Å². The largest absolute Gasteiger partial charge is 0.376 e. The van der Waals surface area contributed by atoms with Crippen molar-refractivity contribution in [3.8, 4) is 0 Å². The lowest BCUT2D eigenvalue weighted by molar-refractivity contribution is -0.118. The lowest BCUT2D eigenvalue weighted by atomic mass is 9.97. The fraction of sp³-hybridized carbons (Fsp3) is 0.429. The number of thiophene rings is 1. The Morgan fingerprint density at radius 3 is 2.51 bits per heavy atom. The quantitative estimate of drug-likeness (QED) is 0.284. The second-order valence-electron chi connectivity index (χ2n) is 9.89. The molecule has 7 nitrogen and oxygen atoms in total. The fourth-order valence-corrected chi connectivity index (χ4v) is 5.91. The molecular weight excluding hydrogens is 506 g/mol. The van der Waals surface area contributed by atoms with Gasteiger partial charge in [-0.1, -0.05) is 37.3 Å². The number of nitrogens with one attached hydrogen (secondary N) is 3. The van der Waals surface area contributed by atoms with Crippen LogP contribution in [0.1, 0.15) is 76.7 Å². The second-order valence-corrected chi connectivity index (χ2v) is 11.4. The molecule has 4 rings (SSSR count). The van der Waals surface area contributed by atoms with E-state index in [1.807, 2.05) is 58.0 Å². The smallest absolute Gasteiger partial charge is 0.262 e. The van der Waals surface area contributed by atoms with Gasteiger partial charge < -0.3 is 16.0 Å². The molecule has 0 unspecified atom stereocenters. The van der Waals surface area contributed by atoms with Crippen LogP contribution in [0, 0.1) is 26.7 Å². The van der Waals surface area contributed by atoms with Crippen LogP contribution in [0.4, 0.5) is 11.4 Å². The molecule has 0 aromatic carbocycles. The summed E-state index contributed by atoms with van der Waals surface area (Å²) in [5, 5.41) is 10.0. The van der Waals surface area contributed by atoms with E-state index in [1.165, 1.54) is 24.2 Å². The maximum absolute atomic E-state index is 13.3. The molecule has 0 bridgehead atoms. The molecule has 37 heavy (non-hydrogen) atoms. The Bertz CT molecular complexity index is 1250. The Balaban J connectivity index is 1.45. The molecule has 3 aromatic heterocycles. The molecule has 1 aliphatic rings. The summed E-state index contributed by atoms with van der Waals surface area (Å²) < 4.78 is 0. The van der Waals surface area contributed by atoms with Crippen LogP contribution in [0.5, 0.6) is 0 Å². The van der Waals surface area contributed by atoms with Gasteiger partial charge in [-0.3, -0.25) is 19.6 Å². The van der Waals surface area contributed by atoms with Crippen LogP contribution >= 0.6 is 22.9 Å². The molecule has 9 heteroatoms.